The van der Waals surface area contributed by atoms with Gasteiger partial charge in [-0.3, -0.25) is 9.98 Å². The predicted molar refractivity (Wildman–Crippen MR) is 180 cm³/mol. The molecule has 6 aromatic rings. The maximum atomic E-state index is 4.98. The van der Waals surface area contributed by atoms with Crippen LogP contribution in [-0.2, 0) is 5.41 Å². The van der Waals surface area contributed by atoms with E-state index < -0.39 is 0 Å². The van der Waals surface area contributed by atoms with Crippen molar-refractivity contribution in [3.63, 3.8) is 0 Å². The summed E-state index contributed by atoms with van der Waals surface area (Å²) in [6.07, 6.45) is 7.23. The van der Waals surface area contributed by atoms with Gasteiger partial charge in [-0.15, -0.1) is 0 Å². The number of fused-ring (bicyclic) bond motifs is 5. The maximum Gasteiger partial charge on any atom is 0.0900 e. The van der Waals surface area contributed by atoms with Crippen molar-refractivity contribution in [3.8, 4) is 39.3 Å². The van der Waals surface area contributed by atoms with E-state index in [9.17, 15) is 0 Å². The normalized spacial score (nSPS) is 13.8. The number of hydrogen-bond donors (Lipinski definition) is 0. The Hall–Kier alpha value is -5.35. The number of aromatic nitrogens is 3. The molecule has 208 valence electrons. The Balaban J connectivity index is 1.44. The fraction of sp³-hybridized carbons (Fsp3) is 0.103. The number of rotatable bonds is 6. The molecule has 0 unspecified atom stereocenters. The minimum absolute atomic E-state index is 0.227. The summed E-state index contributed by atoms with van der Waals surface area (Å²) in [5.41, 5.74) is 12.8. The molecule has 0 radical (unpaired) electrons. The summed E-state index contributed by atoms with van der Waals surface area (Å²) in [4.78, 5) is 14.2. The van der Waals surface area contributed by atoms with E-state index in [2.05, 4.69) is 120 Å². The summed E-state index contributed by atoms with van der Waals surface area (Å²) >= 11 is 0. The van der Waals surface area contributed by atoms with Gasteiger partial charge in [0.1, 0.15) is 0 Å². The molecule has 3 aromatic heterocycles. The Kier molecular flexibility index (Phi) is 6.47. The second kappa shape index (κ2) is 10.5. The average molecular weight is 557 g/mol. The molecule has 1 aliphatic rings. The second-order valence-electron chi connectivity index (χ2n) is 11.3. The fourth-order valence-electron chi connectivity index (χ4n) is 6.46. The van der Waals surface area contributed by atoms with E-state index in [1.54, 1.807) is 18.5 Å². The van der Waals surface area contributed by atoms with Gasteiger partial charge in [-0.1, -0.05) is 81.1 Å². The third-order valence-corrected chi connectivity index (χ3v) is 8.34. The molecule has 7 rings (SSSR count). The van der Waals surface area contributed by atoms with Crippen LogP contribution < -0.4 is 0 Å². The molecule has 0 fully saturated rings. The molecule has 4 heteroatoms. The summed E-state index contributed by atoms with van der Waals surface area (Å²) in [5.74, 6) is 0. The van der Waals surface area contributed by atoms with Gasteiger partial charge in [0.05, 0.1) is 28.3 Å². The standard InChI is InChI=1S/C39H32N4/c1-5-14-32(40-6-2)34-24-27(25-35(42-34)33-18-12-13-22-41-33)26-20-21-29-31(23-26)39(3,4)38-37(29)30-17-10-11-19-36(30)43(38)28-15-8-7-9-16-28/h5-25H,1H2,2-4H3/b32-14-,40-6?. The highest BCUT2D eigenvalue weighted by molar-refractivity contribution is 6.04. The fourth-order valence-corrected chi connectivity index (χ4v) is 6.46. The zero-order valence-electron chi connectivity index (χ0n) is 24.6. The highest BCUT2D eigenvalue weighted by Crippen LogP contribution is 2.54. The topological polar surface area (TPSA) is 43.1 Å². The van der Waals surface area contributed by atoms with E-state index in [-0.39, 0.29) is 5.41 Å². The molecule has 1 aliphatic carbocycles. The SMILES string of the molecule is C=C/C=C(\N=CC)c1cc(-c2ccc3c(c2)C(C)(C)c2c-3c3ccccc3n2-c2ccccc2)cc(-c2ccccn2)n1. The van der Waals surface area contributed by atoms with Gasteiger partial charge < -0.3 is 4.57 Å². The summed E-state index contributed by atoms with van der Waals surface area (Å²) in [7, 11) is 0. The second-order valence-corrected chi connectivity index (χ2v) is 11.3. The zero-order chi connectivity index (χ0) is 29.6. The molecule has 0 amide bonds. The van der Waals surface area contributed by atoms with Crippen molar-refractivity contribution in [1.29, 1.82) is 0 Å². The Bertz CT molecular complexity index is 2060. The minimum Gasteiger partial charge on any atom is -0.312 e. The lowest BCUT2D eigenvalue weighted by Crippen LogP contribution is -2.20. The number of hydrogen-bond acceptors (Lipinski definition) is 3. The van der Waals surface area contributed by atoms with Crippen LogP contribution in [-0.4, -0.2) is 20.7 Å². The van der Waals surface area contributed by atoms with Gasteiger partial charge >= 0.3 is 0 Å². The van der Waals surface area contributed by atoms with Crippen molar-refractivity contribution in [2.75, 3.05) is 0 Å². The quantitative estimate of drug-likeness (QED) is 0.151. The van der Waals surface area contributed by atoms with Crippen LogP contribution in [0.15, 0.2) is 133 Å². The van der Waals surface area contributed by atoms with Crippen LogP contribution in [0.3, 0.4) is 0 Å². The molecule has 0 saturated carbocycles. The maximum absolute atomic E-state index is 4.98. The Labute approximate surface area is 252 Å². The smallest absolute Gasteiger partial charge is 0.0900 e. The van der Waals surface area contributed by atoms with Crippen LogP contribution in [0.2, 0.25) is 0 Å². The van der Waals surface area contributed by atoms with E-state index in [1.807, 2.05) is 31.2 Å². The number of nitrogens with zero attached hydrogens (tertiary/aromatic N) is 4. The van der Waals surface area contributed by atoms with Crippen molar-refractivity contribution >= 4 is 22.8 Å². The van der Waals surface area contributed by atoms with Crippen molar-refractivity contribution in [1.82, 2.24) is 14.5 Å². The summed E-state index contributed by atoms with van der Waals surface area (Å²) in [6, 6.07) is 36.5. The Morgan fingerprint density at radius 1 is 0.837 bits per heavy atom. The number of pyridine rings is 2. The third-order valence-electron chi connectivity index (χ3n) is 8.34. The van der Waals surface area contributed by atoms with Gasteiger partial charge in [0, 0.05) is 40.2 Å². The molecular formula is C39H32N4. The lowest BCUT2D eigenvalue weighted by molar-refractivity contribution is 0.624. The first-order chi connectivity index (χ1) is 21.0. The first-order valence-electron chi connectivity index (χ1n) is 14.6. The van der Waals surface area contributed by atoms with Gasteiger partial charge in [-0.25, -0.2) is 4.98 Å². The summed E-state index contributed by atoms with van der Waals surface area (Å²) in [6.45, 7) is 10.5. The van der Waals surface area contributed by atoms with Crippen LogP contribution in [0, 0.1) is 0 Å². The van der Waals surface area contributed by atoms with Crippen molar-refractivity contribution in [3.05, 3.63) is 145 Å². The zero-order valence-corrected chi connectivity index (χ0v) is 24.6. The van der Waals surface area contributed by atoms with Crippen molar-refractivity contribution in [2.45, 2.75) is 26.2 Å². The van der Waals surface area contributed by atoms with Crippen LogP contribution in [0.4, 0.5) is 0 Å². The lowest BCUT2D eigenvalue weighted by atomic mass is 9.83. The van der Waals surface area contributed by atoms with Crippen LogP contribution in [0.25, 0.3) is 55.9 Å². The first-order valence-corrected chi connectivity index (χ1v) is 14.6. The number of para-hydroxylation sites is 2. The molecule has 3 aromatic carbocycles. The average Bonchev–Trinajstić information content (AvgIpc) is 3.51. The molecule has 0 spiro atoms. The van der Waals surface area contributed by atoms with Gasteiger partial charge in [-0.05, 0) is 83.8 Å². The number of benzene rings is 3. The third kappa shape index (κ3) is 4.34. The van der Waals surface area contributed by atoms with Crippen LogP contribution >= 0.6 is 0 Å². The highest BCUT2D eigenvalue weighted by Gasteiger charge is 2.41. The van der Waals surface area contributed by atoms with E-state index >= 15 is 0 Å². The Morgan fingerprint density at radius 3 is 2.40 bits per heavy atom. The van der Waals surface area contributed by atoms with Gasteiger partial charge in [0.15, 0.2) is 0 Å². The molecule has 0 aliphatic heterocycles. The molecule has 0 N–H and O–H groups in total. The largest absolute Gasteiger partial charge is 0.312 e. The van der Waals surface area contributed by atoms with Gasteiger partial charge in [0.25, 0.3) is 0 Å². The van der Waals surface area contributed by atoms with Crippen molar-refractivity contribution in [2.24, 2.45) is 4.99 Å². The molecule has 3 heterocycles. The van der Waals surface area contributed by atoms with Crippen LogP contribution in [0.5, 0.6) is 0 Å². The summed E-state index contributed by atoms with van der Waals surface area (Å²) in [5, 5.41) is 1.28. The van der Waals surface area contributed by atoms with Gasteiger partial charge in [0.2, 0.25) is 0 Å². The first kappa shape index (κ1) is 26.5. The van der Waals surface area contributed by atoms with E-state index in [1.165, 1.54) is 39.0 Å². The highest BCUT2D eigenvalue weighted by atomic mass is 15.0. The van der Waals surface area contributed by atoms with E-state index in [0.717, 1.165) is 33.9 Å². The number of aliphatic imine (C=N–C) groups is 1. The molecule has 0 bridgehead atoms. The van der Waals surface area contributed by atoms with E-state index in [4.69, 9.17) is 4.98 Å². The molecule has 0 atom stereocenters. The molecule has 0 saturated heterocycles. The predicted octanol–water partition coefficient (Wildman–Crippen LogP) is 9.68. The van der Waals surface area contributed by atoms with Crippen LogP contribution in [0.1, 0.15) is 37.7 Å². The molecule has 4 nitrogen and oxygen atoms in total. The molecular weight excluding hydrogens is 524 g/mol. The van der Waals surface area contributed by atoms with Gasteiger partial charge in [-0.2, -0.15) is 0 Å². The van der Waals surface area contributed by atoms with Crippen molar-refractivity contribution < 1.29 is 0 Å². The Morgan fingerprint density at radius 2 is 1.63 bits per heavy atom. The van der Waals surface area contributed by atoms with E-state index in [0.29, 0.717) is 0 Å². The summed E-state index contributed by atoms with van der Waals surface area (Å²) < 4.78 is 2.45. The number of allylic oxidation sites excluding steroid dienone is 2. The minimum atomic E-state index is -0.227. The lowest BCUT2D eigenvalue weighted by Gasteiger charge is -2.25. The molecule has 43 heavy (non-hydrogen) atoms. The monoisotopic (exact) mass is 556 g/mol.